The summed E-state index contributed by atoms with van der Waals surface area (Å²) in [6, 6.07) is 36.8. The molecule has 4 aromatic carbocycles. The van der Waals surface area contributed by atoms with Gasteiger partial charge in [0, 0.05) is 18.3 Å². The van der Waals surface area contributed by atoms with Gasteiger partial charge in [-0.05, 0) is 116 Å². The lowest BCUT2D eigenvalue weighted by atomic mass is 9.80. The number of rotatable bonds is 23. The van der Waals surface area contributed by atoms with Gasteiger partial charge in [0.15, 0.2) is 21.2 Å². The summed E-state index contributed by atoms with van der Waals surface area (Å²) in [5.41, 5.74) is 1.63. The molecule has 1 fully saturated rings. The highest BCUT2D eigenvalue weighted by atomic mass is 31.2. The summed E-state index contributed by atoms with van der Waals surface area (Å²) in [6.07, 6.45) is -2.13. The van der Waals surface area contributed by atoms with Crippen molar-refractivity contribution in [1.29, 1.82) is 5.26 Å². The Balaban J connectivity index is 1.46. The van der Waals surface area contributed by atoms with Crippen molar-refractivity contribution in [2.45, 2.75) is 141 Å². The number of nitrogens with one attached hydrogen (secondary N) is 1. The van der Waals surface area contributed by atoms with Crippen LogP contribution in [0.2, 0.25) is 18.1 Å². The third kappa shape index (κ3) is 13.9. The SMILES string of the molecule is COc1ccc(C(OC[C@H]2O[C@@H](n3ccc(NC(=O)COc4ccc(C(C)(C)C)cc4)nc3=O)[C@H](O[Si](C)(C)C(C)(C)C)[C@@H]2OP(OCCC#N)N(C(C)C)C(C)C)(c2ccccc2)c2ccc(OC)cc2)cc1. The van der Waals surface area contributed by atoms with Crippen LogP contribution in [0.5, 0.6) is 17.2 Å². The molecule has 5 atom stereocenters. The highest BCUT2D eigenvalue weighted by Gasteiger charge is 2.54. The second kappa shape index (κ2) is 24.9. The third-order valence-electron chi connectivity index (χ3n) is 13.5. The molecular weight excluding hydrogens is 974 g/mol. The Hall–Kier alpha value is -5.47. The Labute approximate surface area is 440 Å². The Kier molecular flexibility index (Phi) is 19.5. The van der Waals surface area contributed by atoms with Gasteiger partial charge in [0.2, 0.25) is 0 Å². The van der Waals surface area contributed by atoms with E-state index in [0.717, 1.165) is 22.3 Å². The number of nitriles is 1. The van der Waals surface area contributed by atoms with Gasteiger partial charge in [-0.15, -0.1) is 0 Å². The van der Waals surface area contributed by atoms with E-state index in [0.29, 0.717) is 17.2 Å². The van der Waals surface area contributed by atoms with E-state index in [-0.39, 0.29) is 54.6 Å². The average molecular weight is 1050 g/mol. The van der Waals surface area contributed by atoms with Crippen LogP contribution in [0.15, 0.2) is 120 Å². The molecule has 5 aromatic rings. The van der Waals surface area contributed by atoms with E-state index in [1.54, 1.807) is 26.5 Å². The Morgan fingerprint density at radius 3 is 1.84 bits per heavy atom. The maximum absolute atomic E-state index is 14.5. The molecule has 0 saturated carbocycles. The molecule has 0 bridgehead atoms. The fraction of sp³-hybridized carbons (Fsp3) is 0.474. The van der Waals surface area contributed by atoms with Gasteiger partial charge in [0.05, 0.1) is 39.9 Å². The number of benzene rings is 4. The fourth-order valence-electron chi connectivity index (χ4n) is 8.57. The van der Waals surface area contributed by atoms with Gasteiger partial charge in [0.25, 0.3) is 14.4 Å². The van der Waals surface area contributed by atoms with Gasteiger partial charge in [-0.3, -0.25) is 9.36 Å². The molecule has 0 radical (unpaired) electrons. The third-order valence-corrected chi connectivity index (χ3v) is 20.1. The van der Waals surface area contributed by atoms with Crippen molar-refractivity contribution in [2.24, 2.45) is 0 Å². The second-order valence-corrected chi connectivity index (χ2v) is 27.6. The zero-order valence-electron chi connectivity index (χ0n) is 45.6. The van der Waals surface area contributed by atoms with Crippen molar-refractivity contribution >= 4 is 28.6 Å². The first-order valence-electron chi connectivity index (χ1n) is 25.2. The molecule has 1 aliphatic rings. The number of carbonyl (C=O) groups is 1. The maximum atomic E-state index is 14.5. The predicted molar refractivity (Wildman–Crippen MR) is 292 cm³/mol. The van der Waals surface area contributed by atoms with Gasteiger partial charge < -0.3 is 42.5 Å². The molecule has 1 saturated heterocycles. The van der Waals surface area contributed by atoms with Crippen LogP contribution in [-0.2, 0) is 38.8 Å². The molecule has 1 aromatic heterocycles. The second-order valence-electron chi connectivity index (χ2n) is 21.5. The Morgan fingerprint density at radius 1 is 0.797 bits per heavy atom. The first-order chi connectivity index (χ1) is 35.0. The molecule has 15 nitrogen and oxygen atoms in total. The summed E-state index contributed by atoms with van der Waals surface area (Å²) in [6.45, 7) is 25.1. The number of amides is 1. The van der Waals surface area contributed by atoms with E-state index in [2.05, 4.69) is 103 Å². The zero-order chi connectivity index (χ0) is 54.0. The van der Waals surface area contributed by atoms with Crippen LogP contribution in [-0.4, -0.2) is 92.9 Å². The van der Waals surface area contributed by atoms with Gasteiger partial charge >= 0.3 is 5.69 Å². The molecule has 17 heteroatoms. The summed E-state index contributed by atoms with van der Waals surface area (Å²) in [5.74, 6) is 1.45. The first-order valence-corrected chi connectivity index (χ1v) is 29.3. The van der Waals surface area contributed by atoms with Crippen molar-refractivity contribution in [3.63, 3.8) is 0 Å². The molecular formula is C57H76N5O10PSi. The first kappa shape index (κ1) is 57.8. The van der Waals surface area contributed by atoms with Gasteiger partial charge in [0.1, 0.15) is 47.0 Å². The highest BCUT2D eigenvalue weighted by molar-refractivity contribution is 7.44. The van der Waals surface area contributed by atoms with Crippen LogP contribution in [0.3, 0.4) is 0 Å². The molecule has 2 heterocycles. The van der Waals surface area contributed by atoms with E-state index in [1.165, 1.54) is 4.57 Å². The van der Waals surface area contributed by atoms with Crippen molar-refractivity contribution in [3.8, 4) is 23.3 Å². The van der Waals surface area contributed by atoms with E-state index < -0.39 is 58.6 Å². The van der Waals surface area contributed by atoms with Gasteiger partial charge in [-0.1, -0.05) is 108 Å². The van der Waals surface area contributed by atoms with Crippen molar-refractivity contribution < 1.29 is 42.0 Å². The molecule has 0 spiro atoms. The number of ether oxygens (including phenoxy) is 5. The number of carbonyl (C=O) groups excluding carboxylic acids is 1. The summed E-state index contributed by atoms with van der Waals surface area (Å²) in [7, 11) is -1.35. The maximum Gasteiger partial charge on any atom is 0.351 e. The number of methoxy groups -OCH3 is 2. The molecule has 398 valence electrons. The van der Waals surface area contributed by atoms with Crippen molar-refractivity contribution in [2.75, 3.05) is 39.4 Å². The van der Waals surface area contributed by atoms with E-state index in [9.17, 15) is 14.9 Å². The van der Waals surface area contributed by atoms with Crippen LogP contribution in [0.4, 0.5) is 5.82 Å². The van der Waals surface area contributed by atoms with Crippen molar-refractivity contribution in [3.05, 3.63) is 148 Å². The summed E-state index contributed by atoms with van der Waals surface area (Å²) < 4.78 is 56.5. The van der Waals surface area contributed by atoms with Crippen LogP contribution >= 0.6 is 8.53 Å². The van der Waals surface area contributed by atoms with Crippen LogP contribution in [0.25, 0.3) is 0 Å². The largest absolute Gasteiger partial charge is 0.497 e. The molecule has 1 unspecified atom stereocenters. The molecule has 6 rings (SSSR count). The minimum absolute atomic E-state index is 0.0272. The summed E-state index contributed by atoms with van der Waals surface area (Å²) in [5, 5.41) is 12.1. The molecule has 0 aliphatic carbocycles. The average Bonchev–Trinajstić information content (AvgIpc) is 3.68. The fourth-order valence-corrected chi connectivity index (χ4v) is 11.6. The molecule has 1 aliphatic heterocycles. The molecule has 74 heavy (non-hydrogen) atoms. The minimum Gasteiger partial charge on any atom is -0.497 e. The van der Waals surface area contributed by atoms with E-state index in [1.807, 2.05) is 103 Å². The zero-order valence-corrected chi connectivity index (χ0v) is 47.5. The molecule has 1 N–H and O–H groups in total. The van der Waals surface area contributed by atoms with Crippen LogP contribution < -0.4 is 25.2 Å². The van der Waals surface area contributed by atoms with Crippen molar-refractivity contribution in [1.82, 2.24) is 14.2 Å². The summed E-state index contributed by atoms with van der Waals surface area (Å²) >= 11 is 0. The van der Waals surface area contributed by atoms with E-state index >= 15 is 0 Å². The Morgan fingerprint density at radius 2 is 1.34 bits per heavy atom. The smallest absolute Gasteiger partial charge is 0.351 e. The normalized spacial score (nSPS) is 17.8. The number of hydrogen-bond acceptors (Lipinski definition) is 13. The Bertz CT molecular complexity index is 2630. The monoisotopic (exact) mass is 1050 g/mol. The number of aromatic nitrogens is 2. The number of anilines is 1. The van der Waals surface area contributed by atoms with Gasteiger partial charge in [-0.2, -0.15) is 10.2 Å². The lowest BCUT2D eigenvalue weighted by Crippen LogP contribution is -2.50. The van der Waals surface area contributed by atoms with Gasteiger partial charge in [-0.25, -0.2) is 9.46 Å². The van der Waals surface area contributed by atoms with E-state index in [4.69, 9.17) is 37.2 Å². The lowest BCUT2D eigenvalue weighted by Gasteiger charge is -2.42. The van der Waals surface area contributed by atoms with Crippen LogP contribution in [0.1, 0.15) is 104 Å². The molecule has 1 amide bonds. The predicted octanol–water partition coefficient (Wildman–Crippen LogP) is 11.5. The quantitative estimate of drug-likeness (QED) is 0.0285. The highest BCUT2D eigenvalue weighted by Crippen LogP contribution is 2.52. The lowest BCUT2D eigenvalue weighted by molar-refractivity contribution is -0.118. The summed E-state index contributed by atoms with van der Waals surface area (Å²) in [4.78, 5) is 32.0. The number of hydrogen-bond donors (Lipinski definition) is 1. The topological polar surface area (TPSA) is 165 Å². The number of nitrogens with zero attached hydrogens (tertiary/aromatic N) is 4. The standard InChI is InChI=1S/C57H76N5O10PSi/c1-39(2)62(40(3)4)73(69-36-18-34-58)71-51-48(37-68-57(42-19-16-15-17-20-42,43-23-27-45(65-11)28-24-43)44-25-29-46(66-12)30-26-44)70-53(52(51)72-74(13,14)56(8,9)10)61-35-33-49(60-54(61)64)59-50(63)38-67-47-31-21-41(22-32-47)55(5,6)7/h15-17,19-33,35,39-40,48,51-53H,18,36-38H2,1-14H3,(H,59,60,63,64)/t48-,51-,52-,53-,73?/m1/s1. The van der Waals surface area contributed by atoms with Crippen LogP contribution in [0, 0.1) is 11.3 Å². The minimum atomic E-state index is -2.73.